The molecule has 1 atom stereocenters. The summed E-state index contributed by atoms with van der Waals surface area (Å²) in [6.07, 6.45) is 3.75. The highest BCUT2D eigenvalue weighted by Crippen LogP contribution is 2.18. The van der Waals surface area contributed by atoms with E-state index in [9.17, 15) is 9.59 Å². The van der Waals surface area contributed by atoms with Gasteiger partial charge in [0.2, 0.25) is 5.91 Å². The van der Waals surface area contributed by atoms with E-state index >= 15 is 0 Å². The molecule has 0 aromatic carbocycles. The normalized spacial score (nSPS) is 15.2. The first-order valence-electron chi connectivity index (χ1n) is 10.3. The van der Waals surface area contributed by atoms with E-state index in [1.807, 2.05) is 17.9 Å². The predicted molar refractivity (Wildman–Crippen MR) is 116 cm³/mol. The molecule has 2 aromatic heterocycles. The van der Waals surface area contributed by atoms with Gasteiger partial charge in [-0.05, 0) is 32.4 Å². The monoisotopic (exact) mass is 414 g/mol. The number of carbonyl (C=O) groups is 1. The van der Waals surface area contributed by atoms with Crippen LogP contribution >= 0.6 is 0 Å². The van der Waals surface area contributed by atoms with E-state index < -0.39 is 0 Å². The molecule has 30 heavy (non-hydrogen) atoms. The van der Waals surface area contributed by atoms with Crippen molar-refractivity contribution < 1.29 is 9.53 Å². The van der Waals surface area contributed by atoms with Crippen molar-refractivity contribution in [1.29, 1.82) is 0 Å². The molecule has 1 saturated heterocycles. The van der Waals surface area contributed by atoms with Gasteiger partial charge in [0.25, 0.3) is 5.56 Å². The lowest BCUT2D eigenvalue weighted by Gasteiger charge is -2.36. The van der Waals surface area contributed by atoms with E-state index in [-0.39, 0.29) is 17.5 Å². The summed E-state index contributed by atoms with van der Waals surface area (Å²) in [6.45, 7) is 9.53. The third-order valence-electron chi connectivity index (χ3n) is 5.25. The Bertz CT molecular complexity index is 908. The number of nitrogens with zero attached hydrogens (tertiary/aromatic N) is 4. The van der Waals surface area contributed by atoms with E-state index in [2.05, 4.69) is 38.4 Å². The number of amides is 1. The summed E-state index contributed by atoms with van der Waals surface area (Å²) in [5, 5.41) is 9.41. The number of H-pyrrole nitrogens is 1. The van der Waals surface area contributed by atoms with Crippen LogP contribution in [-0.2, 0) is 9.53 Å². The minimum Gasteiger partial charge on any atom is -0.379 e. The molecule has 3 rings (SSSR count). The van der Waals surface area contributed by atoms with Crippen molar-refractivity contribution in [2.24, 2.45) is 0 Å². The van der Waals surface area contributed by atoms with Gasteiger partial charge in [-0.3, -0.25) is 9.59 Å². The number of rotatable bonds is 8. The third-order valence-corrected chi connectivity index (χ3v) is 5.25. The topological polar surface area (TPSA) is 103 Å². The molecule has 9 nitrogen and oxygen atoms in total. The highest BCUT2D eigenvalue weighted by Gasteiger charge is 2.22. The molecule has 0 radical (unpaired) electrons. The lowest BCUT2D eigenvalue weighted by molar-refractivity contribution is -0.132. The van der Waals surface area contributed by atoms with E-state index in [4.69, 9.17) is 4.74 Å². The fraction of sp³-hybridized carbons (Fsp3) is 0.524. The van der Waals surface area contributed by atoms with Crippen LogP contribution in [0.4, 0.5) is 11.5 Å². The number of pyridine rings is 1. The first-order chi connectivity index (χ1) is 14.5. The van der Waals surface area contributed by atoms with Crippen LogP contribution in [0.3, 0.4) is 0 Å². The number of aromatic nitrogens is 3. The van der Waals surface area contributed by atoms with Crippen molar-refractivity contribution >= 4 is 17.4 Å². The number of anilines is 2. The summed E-state index contributed by atoms with van der Waals surface area (Å²) in [5.41, 5.74) is 2.22. The van der Waals surface area contributed by atoms with E-state index in [1.54, 1.807) is 19.3 Å². The zero-order chi connectivity index (χ0) is 21.5. The van der Waals surface area contributed by atoms with E-state index in [1.165, 1.54) is 0 Å². The van der Waals surface area contributed by atoms with Crippen LogP contribution in [0.1, 0.15) is 24.5 Å². The Labute approximate surface area is 176 Å². The van der Waals surface area contributed by atoms with Gasteiger partial charge < -0.3 is 19.9 Å². The van der Waals surface area contributed by atoms with Crippen LogP contribution in [0, 0.1) is 13.8 Å². The molecule has 2 aromatic rings. The second-order valence-electron chi connectivity index (χ2n) is 7.62. The second kappa shape index (κ2) is 10.2. The molecule has 0 unspecified atom stereocenters. The minimum atomic E-state index is -0.211. The van der Waals surface area contributed by atoms with Crippen molar-refractivity contribution in [2.75, 3.05) is 49.6 Å². The molecule has 1 aliphatic rings. The highest BCUT2D eigenvalue weighted by atomic mass is 16.5. The van der Waals surface area contributed by atoms with Crippen LogP contribution in [0.15, 0.2) is 29.3 Å². The summed E-state index contributed by atoms with van der Waals surface area (Å²) >= 11 is 0. The van der Waals surface area contributed by atoms with Gasteiger partial charge in [-0.1, -0.05) is 6.07 Å². The van der Waals surface area contributed by atoms with Crippen molar-refractivity contribution in [2.45, 2.75) is 33.2 Å². The van der Waals surface area contributed by atoms with Gasteiger partial charge in [-0.15, -0.1) is 0 Å². The van der Waals surface area contributed by atoms with Gasteiger partial charge in [0.1, 0.15) is 5.82 Å². The highest BCUT2D eigenvalue weighted by molar-refractivity contribution is 5.76. The summed E-state index contributed by atoms with van der Waals surface area (Å²) in [7, 11) is 0. The predicted octanol–water partition coefficient (Wildman–Crippen LogP) is 1.34. The first-order valence-corrected chi connectivity index (χ1v) is 10.3. The maximum atomic E-state index is 12.5. The quantitative estimate of drug-likeness (QED) is 0.628. The first kappa shape index (κ1) is 21.8. The molecule has 0 aliphatic carbocycles. The molecule has 0 saturated carbocycles. The van der Waals surface area contributed by atoms with Crippen molar-refractivity contribution in [1.82, 2.24) is 20.1 Å². The molecule has 3 heterocycles. The fourth-order valence-corrected chi connectivity index (χ4v) is 3.46. The summed E-state index contributed by atoms with van der Waals surface area (Å²) in [5.74, 6) is 1.11. The number of hydrogen-bond donors (Lipinski definition) is 2. The Kier molecular flexibility index (Phi) is 7.40. The SMILES string of the molecule is Cc1cccnc1N1CCN(C(=O)CCOC[C@H](C)Nc2cn[nH]c(=O)c2C)CC1. The molecule has 2 N–H and O–H groups in total. The average molecular weight is 415 g/mol. The lowest BCUT2D eigenvalue weighted by atomic mass is 10.2. The van der Waals surface area contributed by atoms with E-state index in [0.29, 0.717) is 44.0 Å². The van der Waals surface area contributed by atoms with E-state index in [0.717, 1.165) is 24.5 Å². The average Bonchev–Trinajstić information content (AvgIpc) is 2.75. The standard InChI is InChI=1S/C21H30N6O3/c1-15-5-4-7-22-20(15)27-10-8-26(9-11-27)19(28)6-12-30-14-16(2)24-18-13-23-25-21(29)17(18)3/h4-5,7,13,16H,6,8-12,14H2,1-3H3,(H2,24,25,29)/t16-/m0/s1. The molecule has 162 valence electrons. The molecule has 1 fully saturated rings. The number of nitrogens with one attached hydrogen (secondary N) is 2. The minimum absolute atomic E-state index is 0.00689. The molecule has 1 amide bonds. The zero-order valence-corrected chi connectivity index (χ0v) is 17.9. The molecular weight excluding hydrogens is 384 g/mol. The third kappa shape index (κ3) is 5.56. The summed E-state index contributed by atoms with van der Waals surface area (Å²) in [4.78, 5) is 32.6. The molecule has 9 heteroatoms. The van der Waals surface area contributed by atoms with Crippen molar-refractivity contribution in [3.63, 3.8) is 0 Å². The maximum absolute atomic E-state index is 12.5. The Morgan fingerprint density at radius 2 is 2.07 bits per heavy atom. The van der Waals surface area contributed by atoms with Crippen LogP contribution in [0.2, 0.25) is 0 Å². The molecule has 0 bridgehead atoms. The van der Waals surface area contributed by atoms with Crippen molar-refractivity contribution in [3.8, 4) is 0 Å². The van der Waals surface area contributed by atoms with Gasteiger partial charge in [0.15, 0.2) is 0 Å². The van der Waals surface area contributed by atoms with Gasteiger partial charge >= 0.3 is 0 Å². The van der Waals surface area contributed by atoms with Crippen LogP contribution in [0.25, 0.3) is 0 Å². The van der Waals surface area contributed by atoms with Gasteiger partial charge in [-0.25, -0.2) is 10.1 Å². The fourth-order valence-electron chi connectivity index (χ4n) is 3.46. The number of hydrogen-bond acceptors (Lipinski definition) is 7. The smallest absolute Gasteiger partial charge is 0.269 e. The van der Waals surface area contributed by atoms with Crippen LogP contribution in [0.5, 0.6) is 0 Å². The van der Waals surface area contributed by atoms with Crippen LogP contribution in [-0.4, -0.2) is 71.4 Å². The number of carbonyl (C=O) groups excluding carboxylic acids is 1. The van der Waals surface area contributed by atoms with Gasteiger partial charge in [0, 0.05) is 44.0 Å². The molecule has 1 aliphatic heterocycles. The number of piperazine rings is 1. The molecular formula is C21H30N6O3. The number of aryl methyl sites for hydroxylation is 1. The summed E-state index contributed by atoms with van der Waals surface area (Å²) < 4.78 is 5.67. The Morgan fingerprint density at radius 3 is 2.80 bits per heavy atom. The Morgan fingerprint density at radius 1 is 1.30 bits per heavy atom. The lowest BCUT2D eigenvalue weighted by Crippen LogP contribution is -2.49. The number of ether oxygens (including phenoxy) is 1. The Hall–Kier alpha value is -2.94. The van der Waals surface area contributed by atoms with Crippen molar-refractivity contribution in [3.05, 3.63) is 46.0 Å². The Balaban J connectivity index is 1.36. The zero-order valence-electron chi connectivity index (χ0n) is 17.9. The largest absolute Gasteiger partial charge is 0.379 e. The number of aromatic amines is 1. The maximum Gasteiger partial charge on any atom is 0.269 e. The van der Waals surface area contributed by atoms with Crippen LogP contribution < -0.4 is 15.8 Å². The summed E-state index contributed by atoms with van der Waals surface area (Å²) in [6, 6.07) is 3.99. The van der Waals surface area contributed by atoms with Gasteiger partial charge in [-0.2, -0.15) is 5.10 Å². The molecule has 0 spiro atoms. The van der Waals surface area contributed by atoms with Gasteiger partial charge in [0.05, 0.1) is 31.5 Å². The second-order valence-corrected chi connectivity index (χ2v) is 7.62.